The molecule has 0 amide bonds. The quantitative estimate of drug-likeness (QED) is 0.0786. The molecule has 0 bridgehead atoms. The average Bonchev–Trinajstić information content (AvgIpc) is 3.03. The number of carboxylic acids is 1. The number of nitrogens with one attached hydrogen (secondary N) is 1. The topological polar surface area (TPSA) is 75.6 Å². The van der Waals surface area contributed by atoms with E-state index in [9.17, 15) is 9.90 Å². The number of carbonyl (C=O) groups is 1. The molecule has 4 aromatic carbocycles. The normalized spacial score (nSPS) is 14.5. The van der Waals surface area contributed by atoms with Gasteiger partial charge in [-0.15, -0.1) is 0 Å². The highest BCUT2D eigenvalue weighted by Crippen LogP contribution is 2.62. The first kappa shape index (κ1) is 31.4. The van der Waals surface area contributed by atoms with Gasteiger partial charge in [0.05, 0.1) is 12.1 Å². The van der Waals surface area contributed by atoms with E-state index in [1.807, 2.05) is 116 Å². The van der Waals surface area contributed by atoms with Gasteiger partial charge in [-0.3, -0.25) is 9.88 Å². The summed E-state index contributed by atoms with van der Waals surface area (Å²) in [4.78, 5) is 13.6. The van der Waals surface area contributed by atoms with Crippen LogP contribution in [0, 0.1) is 0 Å². The Morgan fingerprint density at radius 1 is 0.738 bits per heavy atom. The lowest BCUT2D eigenvalue weighted by Gasteiger charge is -2.47. The zero-order chi connectivity index (χ0) is 29.9. The molecule has 0 fully saturated rings. The highest BCUT2D eigenvalue weighted by molar-refractivity contribution is 7.61. The van der Waals surface area contributed by atoms with Gasteiger partial charge in [-0.1, -0.05) is 135 Å². The lowest BCUT2D eigenvalue weighted by molar-refractivity contribution is -0.142. The summed E-state index contributed by atoms with van der Waals surface area (Å²) in [5.41, 5.74) is 2.66. The van der Waals surface area contributed by atoms with Gasteiger partial charge in [0.25, 0.3) is 0 Å². The number of rotatable bonds is 16. The molecule has 0 aliphatic carbocycles. The van der Waals surface area contributed by atoms with Gasteiger partial charge in [0, 0.05) is 6.16 Å². The first-order chi connectivity index (χ1) is 20.4. The average molecular weight is 584 g/mol. The predicted octanol–water partition coefficient (Wildman–Crippen LogP) is 8.49. The zero-order valence-electron chi connectivity index (χ0n) is 24.6. The number of unbranched alkanes of at least 4 members (excludes halogenated alkanes) is 1. The molecule has 0 aromatic heterocycles. The van der Waals surface area contributed by atoms with Gasteiger partial charge in [-0.2, -0.15) is 0 Å². The highest BCUT2D eigenvalue weighted by atomic mass is 31.2. The van der Waals surface area contributed by atoms with Crippen molar-refractivity contribution in [2.24, 2.45) is 0 Å². The summed E-state index contributed by atoms with van der Waals surface area (Å²) in [6.07, 6.45) is 3.02. The summed E-state index contributed by atoms with van der Waals surface area (Å²) in [5, 5.41) is 12.9. The molecule has 0 heterocycles. The first-order valence-electron chi connectivity index (χ1n) is 14.9. The van der Waals surface area contributed by atoms with Gasteiger partial charge >= 0.3 is 5.97 Å². The van der Waals surface area contributed by atoms with Crippen molar-refractivity contribution in [2.45, 2.75) is 56.8 Å². The van der Waals surface area contributed by atoms with Crippen molar-refractivity contribution in [1.82, 2.24) is 5.32 Å². The molecule has 0 radical (unpaired) electrons. The standard InChI is InChI=1S/C36H42NO4P/c1-3-28-35(34(38)39,42(40,41-4-2)29-18-17-21-30-19-9-5-10-20-30)37-36(31-22-11-6-12-23-31,32-24-13-7-14-25-32)33-26-15-8-16-27-33/h5-16,19-20,22-27,37H,3-4,17-18,21,28-29H2,1-2H3,(H,38,39). The van der Waals surface area contributed by atoms with Crippen LogP contribution in [0.1, 0.15) is 61.8 Å². The van der Waals surface area contributed by atoms with Crippen LogP contribution in [-0.4, -0.2) is 29.1 Å². The molecule has 0 saturated carbocycles. The molecule has 4 rings (SSSR count). The van der Waals surface area contributed by atoms with Crippen LogP contribution in [0.2, 0.25) is 0 Å². The van der Waals surface area contributed by atoms with E-state index in [4.69, 9.17) is 4.52 Å². The molecule has 2 unspecified atom stereocenters. The fourth-order valence-electron chi connectivity index (χ4n) is 5.94. The Kier molecular flexibility index (Phi) is 10.9. The van der Waals surface area contributed by atoms with Crippen LogP contribution in [0.4, 0.5) is 0 Å². The third-order valence-corrected chi connectivity index (χ3v) is 11.2. The second-order valence-electron chi connectivity index (χ2n) is 10.6. The Hall–Kier alpha value is -3.50. The molecule has 220 valence electrons. The van der Waals surface area contributed by atoms with Crippen molar-refractivity contribution in [3.8, 4) is 0 Å². The molecule has 4 aromatic rings. The molecule has 0 aliphatic heterocycles. The molecule has 6 heteroatoms. The third-order valence-electron chi connectivity index (χ3n) is 7.91. The summed E-state index contributed by atoms with van der Waals surface area (Å²) in [6, 6.07) is 39.7. The van der Waals surface area contributed by atoms with E-state index in [0.717, 1.165) is 29.5 Å². The Morgan fingerprint density at radius 2 is 1.19 bits per heavy atom. The fourth-order valence-corrected chi connectivity index (χ4v) is 8.93. The Labute approximate surface area is 250 Å². The smallest absolute Gasteiger partial charge is 0.334 e. The Bertz CT molecular complexity index is 1330. The van der Waals surface area contributed by atoms with E-state index >= 15 is 4.57 Å². The van der Waals surface area contributed by atoms with Gasteiger partial charge in [-0.05, 0) is 54.9 Å². The number of aliphatic carboxylic acids is 1. The van der Waals surface area contributed by atoms with E-state index in [1.54, 1.807) is 6.92 Å². The van der Waals surface area contributed by atoms with Crippen LogP contribution in [-0.2, 0) is 25.8 Å². The van der Waals surface area contributed by atoms with Gasteiger partial charge in [-0.25, -0.2) is 4.79 Å². The number of hydrogen-bond acceptors (Lipinski definition) is 4. The second kappa shape index (κ2) is 14.6. The Morgan fingerprint density at radius 3 is 1.60 bits per heavy atom. The van der Waals surface area contributed by atoms with Crippen molar-refractivity contribution in [3.05, 3.63) is 144 Å². The predicted molar refractivity (Wildman–Crippen MR) is 171 cm³/mol. The Balaban J connectivity index is 1.87. The lowest BCUT2D eigenvalue weighted by Crippen LogP contribution is -2.61. The maximum Gasteiger partial charge on any atom is 0.334 e. The molecular formula is C36H42NO4P. The second-order valence-corrected chi connectivity index (χ2v) is 13.5. The largest absolute Gasteiger partial charge is 0.479 e. The third kappa shape index (κ3) is 6.60. The van der Waals surface area contributed by atoms with Gasteiger partial charge in [0.2, 0.25) is 7.37 Å². The number of aryl methyl sites for hydroxylation is 1. The number of carboxylic acid groups (broad SMARTS) is 1. The molecule has 2 atom stereocenters. The summed E-state index contributed by atoms with van der Waals surface area (Å²) >= 11 is 0. The van der Waals surface area contributed by atoms with E-state index in [0.29, 0.717) is 12.8 Å². The van der Waals surface area contributed by atoms with Crippen LogP contribution in [0.5, 0.6) is 0 Å². The van der Waals surface area contributed by atoms with Crippen LogP contribution in [0.25, 0.3) is 0 Å². The molecule has 42 heavy (non-hydrogen) atoms. The van der Waals surface area contributed by atoms with E-state index in [1.165, 1.54) is 5.56 Å². The zero-order valence-corrected chi connectivity index (χ0v) is 25.5. The summed E-state index contributed by atoms with van der Waals surface area (Å²) in [6.45, 7) is 3.87. The van der Waals surface area contributed by atoms with Gasteiger partial charge in [0.15, 0.2) is 5.28 Å². The van der Waals surface area contributed by atoms with Crippen molar-refractivity contribution < 1.29 is 19.0 Å². The van der Waals surface area contributed by atoms with Gasteiger partial charge < -0.3 is 9.63 Å². The van der Waals surface area contributed by atoms with E-state index < -0.39 is 24.2 Å². The molecule has 0 aliphatic rings. The lowest BCUT2D eigenvalue weighted by atomic mass is 9.76. The van der Waals surface area contributed by atoms with Crippen LogP contribution in [0.15, 0.2) is 121 Å². The van der Waals surface area contributed by atoms with E-state index in [-0.39, 0.29) is 19.2 Å². The minimum absolute atomic E-state index is 0.145. The highest BCUT2D eigenvalue weighted by Gasteiger charge is 2.59. The van der Waals surface area contributed by atoms with Crippen molar-refractivity contribution >= 4 is 13.3 Å². The summed E-state index contributed by atoms with van der Waals surface area (Å²) in [7, 11) is -3.82. The SMILES string of the molecule is CCCC(NC(c1ccccc1)(c1ccccc1)c1ccccc1)(C(=O)O)P(=O)(CCCCc1ccccc1)OCC. The summed E-state index contributed by atoms with van der Waals surface area (Å²) in [5.74, 6) is -1.16. The molecule has 5 nitrogen and oxygen atoms in total. The van der Waals surface area contributed by atoms with Crippen LogP contribution in [0.3, 0.4) is 0 Å². The maximum absolute atomic E-state index is 15.2. The molecule has 0 saturated heterocycles. The monoisotopic (exact) mass is 583 g/mol. The van der Waals surface area contributed by atoms with Crippen molar-refractivity contribution in [1.29, 1.82) is 0 Å². The van der Waals surface area contributed by atoms with E-state index in [2.05, 4.69) is 17.4 Å². The molecule has 2 N–H and O–H groups in total. The maximum atomic E-state index is 15.2. The van der Waals surface area contributed by atoms with Crippen molar-refractivity contribution in [2.75, 3.05) is 12.8 Å². The van der Waals surface area contributed by atoms with Crippen molar-refractivity contribution in [3.63, 3.8) is 0 Å². The van der Waals surface area contributed by atoms with Crippen LogP contribution >= 0.6 is 7.37 Å². The van der Waals surface area contributed by atoms with Gasteiger partial charge in [0.1, 0.15) is 0 Å². The minimum atomic E-state index is -3.82. The minimum Gasteiger partial charge on any atom is -0.479 e. The number of benzene rings is 4. The molecule has 0 spiro atoms. The van der Waals surface area contributed by atoms with Crippen LogP contribution < -0.4 is 5.32 Å². The number of hydrogen-bond donors (Lipinski definition) is 2. The summed E-state index contributed by atoms with van der Waals surface area (Å²) < 4.78 is 21.3. The fraction of sp³-hybridized carbons (Fsp3) is 0.306. The molecular weight excluding hydrogens is 541 g/mol. The first-order valence-corrected chi connectivity index (χ1v) is 16.7.